The minimum Gasteiger partial charge on any atom is -0.508 e. The van der Waals surface area contributed by atoms with E-state index in [1.54, 1.807) is 0 Å². The molecule has 6 heteroatoms. The van der Waals surface area contributed by atoms with Crippen LogP contribution in [0.3, 0.4) is 0 Å². The number of benzene rings is 2. The standard InChI is InChI=1S/C21H27NO5/c1-2-16-17(8-9-20(27)22(10-12-23)11-13-24)21(19(26)14-18(16)25)15-6-4-3-5-7-15/h3-7,14,23-26H,2,8-13H2,1H3. The maximum Gasteiger partial charge on any atom is 0.223 e. The second-order valence-electron chi connectivity index (χ2n) is 6.29. The second kappa shape index (κ2) is 9.94. The quantitative estimate of drug-likeness (QED) is 0.539. The Kier molecular flexibility index (Phi) is 7.64. The van der Waals surface area contributed by atoms with E-state index >= 15 is 0 Å². The zero-order chi connectivity index (χ0) is 19.8. The molecule has 0 fully saturated rings. The van der Waals surface area contributed by atoms with Crippen LogP contribution in [-0.4, -0.2) is 57.5 Å². The van der Waals surface area contributed by atoms with Gasteiger partial charge in [0.2, 0.25) is 5.91 Å². The Morgan fingerprint density at radius 3 is 2.15 bits per heavy atom. The third-order valence-corrected chi connectivity index (χ3v) is 4.60. The molecule has 6 nitrogen and oxygen atoms in total. The van der Waals surface area contributed by atoms with Crippen LogP contribution in [0.15, 0.2) is 36.4 Å². The van der Waals surface area contributed by atoms with Gasteiger partial charge in [-0.1, -0.05) is 37.3 Å². The molecule has 4 N–H and O–H groups in total. The van der Waals surface area contributed by atoms with Crippen LogP contribution in [0, 0.1) is 0 Å². The maximum absolute atomic E-state index is 12.5. The molecule has 0 unspecified atom stereocenters. The largest absolute Gasteiger partial charge is 0.508 e. The summed E-state index contributed by atoms with van der Waals surface area (Å²) in [7, 11) is 0. The Morgan fingerprint density at radius 1 is 0.963 bits per heavy atom. The number of hydrogen-bond acceptors (Lipinski definition) is 5. The third-order valence-electron chi connectivity index (χ3n) is 4.60. The first-order chi connectivity index (χ1) is 13.0. The fraction of sp³-hybridized carbons (Fsp3) is 0.381. The summed E-state index contributed by atoms with van der Waals surface area (Å²) in [6, 6.07) is 10.7. The minimum atomic E-state index is -0.193. The molecule has 0 heterocycles. The molecule has 27 heavy (non-hydrogen) atoms. The van der Waals surface area contributed by atoms with Crippen molar-refractivity contribution in [1.29, 1.82) is 0 Å². The predicted molar refractivity (Wildman–Crippen MR) is 104 cm³/mol. The zero-order valence-electron chi connectivity index (χ0n) is 15.6. The van der Waals surface area contributed by atoms with E-state index in [0.29, 0.717) is 24.0 Å². The number of amides is 1. The number of aromatic hydroxyl groups is 2. The summed E-state index contributed by atoms with van der Waals surface area (Å²) in [5, 5.41) is 38.9. The average molecular weight is 373 g/mol. The lowest BCUT2D eigenvalue weighted by atomic mass is 9.89. The molecule has 2 rings (SSSR count). The number of carbonyl (C=O) groups is 1. The van der Waals surface area contributed by atoms with Crippen LogP contribution < -0.4 is 0 Å². The topological polar surface area (TPSA) is 101 Å². The molecule has 0 aliphatic heterocycles. The van der Waals surface area contributed by atoms with Gasteiger partial charge < -0.3 is 25.3 Å². The molecule has 0 spiro atoms. The van der Waals surface area contributed by atoms with Crippen molar-refractivity contribution in [2.75, 3.05) is 26.3 Å². The third kappa shape index (κ3) is 4.99. The Balaban J connectivity index is 2.38. The Labute approximate surface area is 159 Å². The maximum atomic E-state index is 12.5. The molecular weight excluding hydrogens is 346 g/mol. The van der Waals surface area contributed by atoms with Crippen LogP contribution in [0.4, 0.5) is 0 Å². The van der Waals surface area contributed by atoms with Gasteiger partial charge in [0.25, 0.3) is 0 Å². The van der Waals surface area contributed by atoms with Crippen molar-refractivity contribution >= 4 is 5.91 Å². The van der Waals surface area contributed by atoms with Gasteiger partial charge in [-0.15, -0.1) is 0 Å². The van der Waals surface area contributed by atoms with Crippen LogP contribution in [0.25, 0.3) is 11.1 Å². The zero-order valence-corrected chi connectivity index (χ0v) is 15.6. The molecule has 0 atom stereocenters. The predicted octanol–water partition coefficient (Wildman–Crippen LogP) is 2.07. The molecule has 0 radical (unpaired) electrons. The van der Waals surface area contributed by atoms with Crippen LogP contribution in [0.2, 0.25) is 0 Å². The molecule has 0 aromatic heterocycles. The van der Waals surface area contributed by atoms with Crippen LogP contribution >= 0.6 is 0 Å². The molecule has 0 aliphatic rings. The first kappa shape index (κ1) is 20.7. The van der Waals surface area contributed by atoms with Gasteiger partial charge in [-0.05, 0) is 29.5 Å². The number of phenols is 2. The van der Waals surface area contributed by atoms with Crippen LogP contribution in [0.1, 0.15) is 24.5 Å². The van der Waals surface area contributed by atoms with Gasteiger partial charge >= 0.3 is 0 Å². The first-order valence-corrected chi connectivity index (χ1v) is 9.15. The number of carbonyl (C=O) groups excluding carboxylic acids is 1. The van der Waals surface area contributed by atoms with E-state index in [2.05, 4.69) is 0 Å². The highest BCUT2D eigenvalue weighted by atomic mass is 16.3. The average Bonchev–Trinajstić information content (AvgIpc) is 2.66. The lowest BCUT2D eigenvalue weighted by Gasteiger charge is -2.22. The van der Waals surface area contributed by atoms with E-state index in [9.17, 15) is 15.0 Å². The number of nitrogens with zero attached hydrogens (tertiary/aromatic N) is 1. The van der Waals surface area contributed by atoms with Gasteiger partial charge in [-0.3, -0.25) is 4.79 Å². The summed E-state index contributed by atoms with van der Waals surface area (Å²) in [6.45, 7) is 1.89. The normalized spacial score (nSPS) is 10.8. The molecule has 1 amide bonds. The van der Waals surface area contributed by atoms with E-state index in [1.165, 1.54) is 11.0 Å². The van der Waals surface area contributed by atoms with Gasteiger partial charge in [0.15, 0.2) is 0 Å². The van der Waals surface area contributed by atoms with Gasteiger partial charge in [0.05, 0.1) is 13.2 Å². The van der Waals surface area contributed by atoms with E-state index < -0.39 is 0 Å². The number of aliphatic hydroxyl groups excluding tert-OH is 2. The number of aliphatic hydroxyl groups is 2. The lowest BCUT2D eigenvalue weighted by molar-refractivity contribution is -0.132. The SMILES string of the molecule is CCc1c(O)cc(O)c(-c2ccccc2)c1CCC(=O)N(CCO)CCO. The van der Waals surface area contributed by atoms with E-state index in [-0.39, 0.29) is 50.1 Å². The van der Waals surface area contributed by atoms with Crippen LogP contribution in [-0.2, 0) is 17.6 Å². The highest BCUT2D eigenvalue weighted by Gasteiger charge is 2.20. The van der Waals surface area contributed by atoms with E-state index in [1.807, 2.05) is 37.3 Å². The van der Waals surface area contributed by atoms with Crippen molar-refractivity contribution in [3.8, 4) is 22.6 Å². The smallest absolute Gasteiger partial charge is 0.223 e. The van der Waals surface area contributed by atoms with Gasteiger partial charge in [0, 0.05) is 31.1 Å². The molecule has 2 aromatic carbocycles. The highest BCUT2D eigenvalue weighted by Crippen LogP contribution is 2.40. The summed E-state index contributed by atoms with van der Waals surface area (Å²) in [4.78, 5) is 13.9. The Bertz CT molecular complexity index is 755. The number of rotatable bonds is 9. The molecule has 146 valence electrons. The van der Waals surface area contributed by atoms with Gasteiger partial charge in [-0.2, -0.15) is 0 Å². The molecule has 0 saturated carbocycles. The van der Waals surface area contributed by atoms with Crippen molar-refractivity contribution in [2.24, 2.45) is 0 Å². The van der Waals surface area contributed by atoms with Crippen molar-refractivity contribution in [1.82, 2.24) is 4.90 Å². The molecule has 0 bridgehead atoms. The van der Waals surface area contributed by atoms with E-state index in [4.69, 9.17) is 10.2 Å². The lowest BCUT2D eigenvalue weighted by Crippen LogP contribution is -2.36. The Morgan fingerprint density at radius 2 is 1.59 bits per heavy atom. The fourth-order valence-electron chi connectivity index (χ4n) is 3.34. The van der Waals surface area contributed by atoms with Crippen molar-refractivity contribution < 1.29 is 25.2 Å². The van der Waals surface area contributed by atoms with Crippen LogP contribution in [0.5, 0.6) is 11.5 Å². The number of phenolic OH excluding ortho intramolecular Hbond substituents is 2. The summed E-state index contributed by atoms with van der Waals surface area (Å²) in [5.74, 6) is -0.206. The monoisotopic (exact) mass is 373 g/mol. The van der Waals surface area contributed by atoms with Gasteiger partial charge in [0.1, 0.15) is 11.5 Å². The number of hydrogen-bond donors (Lipinski definition) is 4. The van der Waals surface area contributed by atoms with Crippen molar-refractivity contribution in [3.63, 3.8) is 0 Å². The molecule has 0 aliphatic carbocycles. The van der Waals surface area contributed by atoms with Crippen molar-refractivity contribution in [2.45, 2.75) is 26.2 Å². The molecule has 2 aromatic rings. The highest BCUT2D eigenvalue weighted by molar-refractivity contribution is 5.80. The van der Waals surface area contributed by atoms with E-state index in [0.717, 1.165) is 11.1 Å². The summed E-state index contributed by atoms with van der Waals surface area (Å²) >= 11 is 0. The fourth-order valence-corrected chi connectivity index (χ4v) is 3.34. The van der Waals surface area contributed by atoms with Crippen molar-refractivity contribution in [3.05, 3.63) is 47.5 Å². The first-order valence-electron chi connectivity index (χ1n) is 9.15. The summed E-state index contributed by atoms with van der Waals surface area (Å²) in [6.07, 6.45) is 1.05. The molecule has 0 saturated heterocycles. The molecular formula is C21H27NO5. The Hall–Kier alpha value is -2.57. The summed E-state index contributed by atoms with van der Waals surface area (Å²) < 4.78 is 0. The second-order valence-corrected chi connectivity index (χ2v) is 6.29. The summed E-state index contributed by atoms with van der Waals surface area (Å²) in [5.41, 5.74) is 2.88. The minimum absolute atomic E-state index is 0.0136. The van der Waals surface area contributed by atoms with Gasteiger partial charge in [-0.25, -0.2) is 0 Å².